The van der Waals surface area contributed by atoms with Crippen LogP contribution in [0.25, 0.3) is 0 Å². The Bertz CT molecular complexity index is 495. The van der Waals surface area contributed by atoms with E-state index in [-0.39, 0.29) is 0 Å². The predicted molar refractivity (Wildman–Crippen MR) is 74.6 cm³/mol. The van der Waals surface area contributed by atoms with Crippen molar-refractivity contribution in [2.75, 3.05) is 0 Å². The van der Waals surface area contributed by atoms with Gasteiger partial charge in [-0.25, -0.2) is 0 Å². The molecule has 88 valence electrons. The SMILES string of the molecule is Cc1cc(C)c(C)c(Cc2ccccc2)c1C. The first-order valence-electron chi connectivity index (χ1n) is 6.20. The quantitative estimate of drug-likeness (QED) is 0.704. The van der Waals surface area contributed by atoms with Gasteiger partial charge in [-0.1, -0.05) is 36.4 Å². The maximum absolute atomic E-state index is 2.29. The Hall–Kier alpha value is -1.56. The number of hydrogen-bond donors (Lipinski definition) is 0. The summed E-state index contributed by atoms with van der Waals surface area (Å²) in [6.07, 6.45) is 1.04. The lowest BCUT2D eigenvalue weighted by Crippen LogP contribution is -2.00. The first kappa shape index (κ1) is 11.9. The van der Waals surface area contributed by atoms with E-state index in [1.807, 2.05) is 0 Å². The van der Waals surface area contributed by atoms with Crippen LogP contribution in [-0.2, 0) is 6.42 Å². The standard InChI is InChI=1S/C17H20/c1-12-10-13(2)15(4)17(14(12)3)11-16-8-6-5-7-9-16/h5-10H,11H2,1-4H3. The highest BCUT2D eigenvalue weighted by atomic mass is 14.1. The highest BCUT2D eigenvalue weighted by Crippen LogP contribution is 2.24. The van der Waals surface area contributed by atoms with Crippen LogP contribution in [0.15, 0.2) is 36.4 Å². The van der Waals surface area contributed by atoms with Gasteiger partial charge in [-0.2, -0.15) is 0 Å². The van der Waals surface area contributed by atoms with Crippen molar-refractivity contribution in [3.63, 3.8) is 0 Å². The molecule has 0 bridgehead atoms. The van der Waals surface area contributed by atoms with Crippen LogP contribution in [0.3, 0.4) is 0 Å². The zero-order chi connectivity index (χ0) is 12.4. The molecular weight excluding hydrogens is 204 g/mol. The molecule has 2 aromatic carbocycles. The number of hydrogen-bond acceptors (Lipinski definition) is 0. The zero-order valence-electron chi connectivity index (χ0n) is 11.2. The van der Waals surface area contributed by atoms with Crippen LogP contribution in [0, 0.1) is 27.7 Å². The van der Waals surface area contributed by atoms with Gasteiger partial charge in [0, 0.05) is 0 Å². The van der Waals surface area contributed by atoms with E-state index in [0.29, 0.717) is 0 Å². The average Bonchev–Trinajstić information content (AvgIpc) is 2.33. The normalized spacial score (nSPS) is 10.6. The Labute approximate surface area is 104 Å². The monoisotopic (exact) mass is 224 g/mol. The second-order valence-corrected chi connectivity index (χ2v) is 4.90. The lowest BCUT2D eigenvalue weighted by atomic mass is 9.90. The van der Waals surface area contributed by atoms with Gasteiger partial charge < -0.3 is 0 Å². The third kappa shape index (κ3) is 2.41. The van der Waals surface area contributed by atoms with Crippen molar-refractivity contribution in [3.05, 3.63) is 69.8 Å². The summed E-state index contributed by atoms with van der Waals surface area (Å²) >= 11 is 0. The van der Waals surface area contributed by atoms with Gasteiger partial charge in [0.15, 0.2) is 0 Å². The van der Waals surface area contributed by atoms with E-state index in [1.54, 1.807) is 0 Å². The summed E-state index contributed by atoms with van der Waals surface area (Å²) in [5, 5.41) is 0. The molecule has 0 radical (unpaired) electrons. The first-order chi connectivity index (χ1) is 8.09. The molecule has 0 heterocycles. The molecule has 0 aromatic heterocycles. The van der Waals surface area contributed by atoms with E-state index in [4.69, 9.17) is 0 Å². The summed E-state index contributed by atoms with van der Waals surface area (Å²) in [5.74, 6) is 0. The Morgan fingerprint density at radius 2 is 1.29 bits per heavy atom. The average molecular weight is 224 g/mol. The molecule has 0 aliphatic heterocycles. The van der Waals surface area contributed by atoms with Crippen LogP contribution < -0.4 is 0 Å². The topological polar surface area (TPSA) is 0 Å². The largest absolute Gasteiger partial charge is 0.0622 e. The molecule has 0 aliphatic carbocycles. The Kier molecular flexibility index (Phi) is 3.33. The van der Waals surface area contributed by atoms with Gasteiger partial charge in [0.25, 0.3) is 0 Å². The molecule has 0 fully saturated rings. The smallest absolute Gasteiger partial charge is 0.00203 e. The van der Waals surface area contributed by atoms with Crippen LogP contribution in [0.5, 0.6) is 0 Å². The highest BCUT2D eigenvalue weighted by Gasteiger charge is 2.08. The van der Waals surface area contributed by atoms with Gasteiger partial charge in [-0.05, 0) is 67.5 Å². The van der Waals surface area contributed by atoms with E-state index < -0.39 is 0 Å². The first-order valence-corrected chi connectivity index (χ1v) is 6.20. The van der Waals surface area contributed by atoms with Crippen molar-refractivity contribution >= 4 is 0 Å². The lowest BCUT2D eigenvalue weighted by molar-refractivity contribution is 1.08. The molecular formula is C17H20. The fourth-order valence-corrected chi connectivity index (χ4v) is 2.36. The molecule has 0 saturated carbocycles. The van der Waals surface area contributed by atoms with Gasteiger partial charge in [0.2, 0.25) is 0 Å². The van der Waals surface area contributed by atoms with Crippen molar-refractivity contribution < 1.29 is 0 Å². The summed E-state index contributed by atoms with van der Waals surface area (Å²) in [5.41, 5.74) is 8.57. The number of aryl methyl sites for hydroxylation is 2. The predicted octanol–water partition coefficient (Wildman–Crippen LogP) is 4.51. The van der Waals surface area contributed by atoms with Gasteiger partial charge in [-0.15, -0.1) is 0 Å². The van der Waals surface area contributed by atoms with Gasteiger partial charge in [0.05, 0.1) is 0 Å². The maximum Gasteiger partial charge on any atom is -0.00203 e. The third-order valence-electron chi connectivity index (χ3n) is 3.75. The van der Waals surface area contributed by atoms with E-state index in [0.717, 1.165) is 6.42 Å². The Balaban J connectivity index is 2.46. The molecule has 0 heteroatoms. The molecule has 2 aromatic rings. The van der Waals surface area contributed by atoms with Crippen LogP contribution in [-0.4, -0.2) is 0 Å². The van der Waals surface area contributed by atoms with Crippen molar-refractivity contribution in [2.24, 2.45) is 0 Å². The summed E-state index contributed by atoms with van der Waals surface area (Å²) in [6.45, 7) is 8.88. The number of rotatable bonds is 2. The Morgan fingerprint density at radius 1 is 0.765 bits per heavy atom. The lowest BCUT2D eigenvalue weighted by Gasteiger charge is -2.15. The van der Waals surface area contributed by atoms with E-state index in [2.05, 4.69) is 64.1 Å². The van der Waals surface area contributed by atoms with Gasteiger partial charge >= 0.3 is 0 Å². The van der Waals surface area contributed by atoms with Crippen molar-refractivity contribution in [1.82, 2.24) is 0 Å². The molecule has 0 saturated heterocycles. The number of benzene rings is 2. The van der Waals surface area contributed by atoms with Crippen molar-refractivity contribution in [1.29, 1.82) is 0 Å². The second-order valence-electron chi connectivity index (χ2n) is 4.90. The summed E-state index contributed by atoms with van der Waals surface area (Å²) in [7, 11) is 0. The van der Waals surface area contributed by atoms with Gasteiger partial charge in [0.1, 0.15) is 0 Å². The fourth-order valence-electron chi connectivity index (χ4n) is 2.36. The minimum Gasteiger partial charge on any atom is -0.0622 e. The fraction of sp³-hybridized carbons (Fsp3) is 0.294. The van der Waals surface area contributed by atoms with Crippen molar-refractivity contribution in [3.8, 4) is 0 Å². The summed E-state index contributed by atoms with van der Waals surface area (Å²) in [4.78, 5) is 0. The summed E-state index contributed by atoms with van der Waals surface area (Å²) < 4.78 is 0. The molecule has 0 aliphatic rings. The van der Waals surface area contributed by atoms with E-state index in [1.165, 1.54) is 33.4 Å². The van der Waals surface area contributed by atoms with E-state index in [9.17, 15) is 0 Å². The molecule has 2 rings (SSSR count). The third-order valence-corrected chi connectivity index (χ3v) is 3.75. The minimum absolute atomic E-state index is 1.04. The zero-order valence-corrected chi connectivity index (χ0v) is 11.2. The van der Waals surface area contributed by atoms with Crippen LogP contribution >= 0.6 is 0 Å². The molecule has 0 unspecified atom stereocenters. The van der Waals surface area contributed by atoms with Crippen LogP contribution in [0.4, 0.5) is 0 Å². The molecule has 0 atom stereocenters. The molecule has 0 spiro atoms. The Morgan fingerprint density at radius 3 is 1.82 bits per heavy atom. The second kappa shape index (κ2) is 4.75. The van der Waals surface area contributed by atoms with Crippen LogP contribution in [0.2, 0.25) is 0 Å². The molecule has 0 amide bonds. The van der Waals surface area contributed by atoms with E-state index >= 15 is 0 Å². The van der Waals surface area contributed by atoms with Crippen LogP contribution in [0.1, 0.15) is 33.4 Å². The van der Waals surface area contributed by atoms with Gasteiger partial charge in [-0.3, -0.25) is 0 Å². The van der Waals surface area contributed by atoms with Crippen molar-refractivity contribution in [2.45, 2.75) is 34.1 Å². The summed E-state index contributed by atoms with van der Waals surface area (Å²) in [6, 6.07) is 13.0. The molecule has 0 nitrogen and oxygen atoms in total. The minimum atomic E-state index is 1.04. The maximum atomic E-state index is 2.29. The highest BCUT2D eigenvalue weighted by molar-refractivity contribution is 5.46. The molecule has 0 N–H and O–H groups in total. The molecule has 17 heavy (non-hydrogen) atoms.